The van der Waals surface area contributed by atoms with Crippen LogP contribution in [0.2, 0.25) is 0 Å². The summed E-state index contributed by atoms with van der Waals surface area (Å²) < 4.78 is 10.5. The van der Waals surface area contributed by atoms with Crippen molar-refractivity contribution in [3.63, 3.8) is 0 Å². The summed E-state index contributed by atoms with van der Waals surface area (Å²) in [5, 5.41) is 5.57. The van der Waals surface area contributed by atoms with Crippen molar-refractivity contribution in [3.05, 3.63) is 54.1 Å². The van der Waals surface area contributed by atoms with Gasteiger partial charge < -0.3 is 20.1 Å². The number of carbonyl (C=O) groups is 1. The predicted octanol–water partition coefficient (Wildman–Crippen LogP) is 3.42. The number of rotatable bonds is 6. The molecule has 5 heteroatoms. The Bertz CT molecular complexity index is 612. The molecule has 0 atom stereocenters. The summed E-state index contributed by atoms with van der Waals surface area (Å²) in [5.41, 5.74) is 1.69. The van der Waals surface area contributed by atoms with Gasteiger partial charge in [0.2, 0.25) is 0 Å². The highest BCUT2D eigenvalue weighted by Gasteiger charge is 2.03. The Morgan fingerprint density at radius 1 is 1.09 bits per heavy atom. The highest BCUT2D eigenvalue weighted by Crippen LogP contribution is 2.16. The molecule has 2 aromatic rings. The number of hydrogen-bond donors (Lipinski definition) is 2. The van der Waals surface area contributed by atoms with Crippen molar-refractivity contribution in [2.24, 2.45) is 0 Å². The number of ether oxygens (including phenoxy) is 2. The minimum Gasteiger partial charge on any atom is -0.497 e. The molecule has 2 amide bonds. The van der Waals surface area contributed by atoms with Crippen LogP contribution in [0.5, 0.6) is 11.5 Å². The second-order valence-electron chi connectivity index (χ2n) is 4.62. The van der Waals surface area contributed by atoms with Crippen LogP contribution in [-0.4, -0.2) is 19.7 Å². The fourth-order valence-electron chi connectivity index (χ4n) is 1.93. The van der Waals surface area contributed by atoms with E-state index in [1.807, 2.05) is 43.3 Å². The second-order valence-corrected chi connectivity index (χ2v) is 4.62. The molecule has 0 saturated heterocycles. The van der Waals surface area contributed by atoms with Crippen LogP contribution < -0.4 is 20.1 Å². The Balaban J connectivity index is 1.84. The SMILES string of the molecule is CCOc1ccc(CNC(=O)Nc2cccc(OC)c2)cc1. The molecule has 2 rings (SSSR count). The largest absolute Gasteiger partial charge is 0.497 e. The van der Waals surface area contributed by atoms with Gasteiger partial charge in [-0.2, -0.15) is 0 Å². The summed E-state index contributed by atoms with van der Waals surface area (Å²) in [4.78, 5) is 11.9. The van der Waals surface area contributed by atoms with Crippen LogP contribution in [0.25, 0.3) is 0 Å². The first-order valence-corrected chi connectivity index (χ1v) is 7.12. The van der Waals surface area contributed by atoms with Crippen LogP contribution in [0.15, 0.2) is 48.5 Å². The molecule has 0 fully saturated rings. The zero-order chi connectivity index (χ0) is 15.8. The number of urea groups is 1. The molecule has 0 aliphatic rings. The van der Waals surface area contributed by atoms with E-state index >= 15 is 0 Å². The number of methoxy groups -OCH3 is 1. The van der Waals surface area contributed by atoms with Crippen molar-refractivity contribution < 1.29 is 14.3 Å². The van der Waals surface area contributed by atoms with Gasteiger partial charge in [0.05, 0.1) is 13.7 Å². The number of carbonyl (C=O) groups excluding carboxylic acids is 1. The third kappa shape index (κ3) is 4.70. The van der Waals surface area contributed by atoms with Crippen LogP contribution in [0.4, 0.5) is 10.5 Å². The number of hydrogen-bond acceptors (Lipinski definition) is 3. The second kappa shape index (κ2) is 7.93. The Labute approximate surface area is 130 Å². The van der Waals surface area contributed by atoms with Gasteiger partial charge in [0.15, 0.2) is 0 Å². The van der Waals surface area contributed by atoms with Gasteiger partial charge in [-0.3, -0.25) is 0 Å². The van der Waals surface area contributed by atoms with Crippen LogP contribution >= 0.6 is 0 Å². The summed E-state index contributed by atoms with van der Waals surface area (Å²) in [6, 6.07) is 14.6. The van der Waals surface area contributed by atoms with Crippen molar-refractivity contribution >= 4 is 11.7 Å². The quantitative estimate of drug-likeness (QED) is 0.859. The molecule has 116 valence electrons. The van der Waals surface area contributed by atoms with Crippen LogP contribution in [-0.2, 0) is 6.54 Å². The smallest absolute Gasteiger partial charge is 0.319 e. The van der Waals surface area contributed by atoms with Gasteiger partial charge >= 0.3 is 6.03 Å². The van der Waals surface area contributed by atoms with Crippen molar-refractivity contribution in [3.8, 4) is 11.5 Å². The summed E-state index contributed by atoms with van der Waals surface area (Å²) in [5.74, 6) is 1.52. The van der Waals surface area contributed by atoms with E-state index in [1.165, 1.54) is 0 Å². The first-order chi connectivity index (χ1) is 10.7. The molecular weight excluding hydrogens is 280 g/mol. The van der Waals surface area contributed by atoms with E-state index in [0.29, 0.717) is 24.6 Å². The molecule has 0 saturated carbocycles. The van der Waals surface area contributed by atoms with Gasteiger partial charge in [0, 0.05) is 18.3 Å². The van der Waals surface area contributed by atoms with E-state index in [4.69, 9.17) is 9.47 Å². The average Bonchev–Trinajstić information content (AvgIpc) is 2.55. The highest BCUT2D eigenvalue weighted by atomic mass is 16.5. The van der Waals surface area contributed by atoms with Gasteiger partial charge in [-0.25, -0.2) is 4.79 Å². The molecular formula is C17H20N2O3. The van der Waals surface area contributed by atoms with Crippen LogP contribution in [0.1, 0.15) is 12.5 Å². The summed E-state index contributed by atoms with van der Waals surface area (Å²) in [7, 11) is 1.59. The molecule has 0 aliphatic carbocycles. The number of nitrogens with one attached hydrogen (secondary N) is 2. The maximum atomic E-state index is 11.9. The molecule has 22 heavy (non-hydrogen) atoms. The number of amides is 2. The minimum absolute atomic E-state index is 0.262. The number of benzene rings is 2. The third-order valence-electron chi connectivity index (χ3n) is 3.02. The minimum atomic E-state index is -0.262. The Kier molecular flexibility index (Phi) is 5.65. The van der Waals surface area contributed by atoms with Gasteiger partial charge in [0.25, 0.3) is 0 Å². The molecule has 0 spiro atoms. The monoisotopic (exact) mass is 300 g/mol. The van der Waals surface area contributed by atoms with Crippen LogP contribution in [0.3, 0.4) is 0 Å². The molecule has 0 unspecified atom stereocenters. The Morgan fingerprint density at radius 3 is 2.55 bits per heavy atom. The van der Waals surface area contributed by atoms with Crippen molar-refractivity contribution in [1.82, 2.24) is 5.32 Å². The summed E-state index contributed by atoms with van der Waals surface area (Å²) in [6.45, 7) is 3.03. The van der Waals surface area contributed by atoms with Crippen LogP contribution in [0, 0.1) is 0 Å². The maximum Gasteiger partial charge on any atom is 0.319 e. The highest BCUT2D eigenvalue weighted by molar-refractivity contribution is 5.89. The lowest BCUT2D eigenvalue weighted by Gasteiger charge is -2.09. The Morgan fingerprint density at radius 2 is 1.86 bits per heavy atom. The first kappa shape index (κ1) is 15.7. The molecule has 0 bridgehead atoms. The van der Waals surface area contributed by atoms with Gasteiger partial charge in [-0.15, -0.1) is 0 Å². The van der Waals surface area contributed by atoms with Gasteiger partial charge in [-0.1, -0.05) is 18.2 Å². The van der Waals surface area contributed by atoms with Gasteiger partial charge in [-0.05, 0) is 36.8 Å². The fraction of sp³-hybridized carbons (Fsp3) is 0.235. The van der Waals surface area contributed by atoms with Crippen molar-refractivity contribution in [1.29, 1.82) is 0 Å². The van der Waals surface area contributed by atoms with E-state index in [1.54, 1.807) is 19.2 Å². The topological polar surface area (TPSA) is 59.6 Å². The molecule has 2 aromatic carbocycles. The van der Waals surface area contributed by atoms with E-state index in [-0.39, 0.29) is 6.03 Å². The van der Waals surface area contributed by atoms with E-state index in [9.17, 15) is 4.79 Å². The summed E-state index contributed by atoms with van der Waals surface area (Å²) in [6.07, 6.45) is 0. The normalized spacial score (nSPS) is 9.91. The zero-order valence-electron chi connectivity index (χ0n) is 12.8. The molecule has 5 nitrogen and oxygen atoms in total. The maximum absolute atomic E-state index is 11.9. The summed E-state index contributed by atoms with van der Waals surface area (Å²) >= 11 is 0. The Hall–Kier alpha value is -2.69. The van der Waals surface area contributed by atoms with E-state index in [0.717, 1.165) is 11.3 Å². The van der Waals surface area contributed by atoms with Gasteiger partial charge in [0.1, 0.15) is 11.5 Å². The fourth-order valence-corrected chi connectivity index (χ4v) is 1.93. The van der Waals surface area contributed by atoms with Crippen molar-refractivity contribution in [2.75, 3.05) is 19.0 Å². The molecule has 0 aliphatic heterocycles. The molecule has 2 N–H and O–H groups in total. The number of anilines is 1. The van der Waals surface area contributed by atoms with E-state index < -0.39 is 0 Å². The van der Waals surface area contributed by atoms with Crippen molar-refractivity contribution in [2.45, 2.75) is 13.5 Å². The zero-order valence-corrected chi connectivity index (χ0v) is 12.8. The third-order valence-corrected chi connectivity index (χ3v) is 3.02. The average molecular weight is 300 g/mol. The molecule has 0 heterocycles. The lowest BCUT2D eigenvalue weighted by Crippen LogP contribution is -2.28. The standard InChI is InChI=1S/C17H20N2O3/c1-3-22-15-9-7-13(8-10-15)12-18-17(20)19-14-5-4-6-16(11-14)21-2/h4-11H,3,12H2,1-2H3,(H2,18,19,20). The lowest BCUT2D eigenvalue weighted by molar-refractivity contribution is 0.251. The van der Waals surface area contributed by atoms with E-state index in [2.05, 4.69) is 10.6 Å². The molecule has 0 radical (unpaired) electrons. The lowest BCUT2D eigenvalue weighted by atomic mass is 10.2. The molecule has 0 aromatic heterocycles. The first-order valence-electron chi connectivity index (χ1n) is 7.12. The predicted molar refractivity (Wildman–Crippen MR) is 86.5 cm³/mol.